The molecule has 0 heterocycles. The average molecular weight is 434 g/mol. The number of carbonyl (C=O) groups is 2. The van der Waals surface area contributed by atoms with Gasteiger partial charge in [-0.05, 0) is 78.4 Å². The number of hydrogen-bond donors (Lipinski definition) is 2. The minimum atomic E-state index is -0.302. The van der Waals surface area contributed by atoms with Crippen molar-refractivity contribution in [3.05, 3.63) is 64.1 Å². The quantitative estimate of drug-likeness (QED) is 0.697. The fourth-order valence-corrected chi connectivity index (χ4v) is 3.04. The molecule has 0 spiro atoms. The van der Waals surface area contributed by atoms with Gasteiger partial charge in [0, 0.05) is 28.8 Å². The largest absolute Gasteiger partial charge is 0.339 e. The van der Waals surface area contributed by atoms with E-state index < -0.39 is 0 Å². The molecule has 2 amide bonds. The van der Waals surface area contributed by atoms with Crippen LogP contribution in [-0.2, 0) is 0 Å². The molecule has 0 aliphatic carbocycles. The van der Waals surface area contributed by atoms with Gasteiger partial charge in [0.15, 0.2) is 5.11 Å². The lowest BCUT2D eigenvalue weighted by Crippen LogP contribution is -2.34. The van der Waals surface area contributed by atoms with Crippen molar-refractivity contribution in [3.63, 3.8) is 0 Å². The molecule has 2 N–H and O–H groups in total. The highest BCUT2D eigenvalue weighted by Crippen LogP contribution is 2.16. The molecular weight excluding hydrogens is 414 g/mol. The number of nitrogens with one attached hydrogen (secondary N) is 2. The van der Waals surface area contributed by atoms with Crippen LogP contribution in [0.15, 0.2) is 53.0 Å². The summed E-state index contributed by atoms with van der Waals surface area (Å²) in [6.07, 6.45) is 0. The van der Waals surface area contributed by atoms with Crippen molar-refractivity contribution in [2.75, 3.05) is 18.4 Å². The van der Waals surface area contributed by atoms with Gasteiger partial charge in [-0.1, -0.05) is 12.1 Å². The van der Waals surface area contributed by atoms with E-state index in [1.165, 1.54) is 0 Å². The number of anilines is 1. The van der Waals surface area contributed by atoms with E-state index in [-0.39, 0.29) is 16.9 Å². The molecule has 0 radical (unpaired) electrons. The van der Waals surface area contributed by atoms with Gasteiger partial charge in [-0.15, -0.1) is 0 Å². The van der Waals surface area contributed by atoms with Crippen LogP contribution in [0.2, 0.25) is 0 Å². The summed E-state index contributed by atoms with van der Waals surface area (Å²) < 4.78 is 0.694. The number of halogens is 1. The van der Waals surface area contributed by atoms with Crippen molar-refractivity contribution in [3.8, 4) is 0 Å². The zero-order valence-corrected chi connectivity index (χ0v) is 17.0. The number of carbonyl (C=O) groups excluding carboxylic acids is 2. The maximum Gasteiger partial charge on any atom is 0.258 e. The summed E-state index contributed by atoms with van der Waals surface area (Å²) in [5, 5.41) is 5.77. The van der Waals surface area contributed by atoms with E-state index in [2.05, 4.69) is 26.6 Å². The first-order valence-corrected chi connectivity index (χ1v) is 9.42. The lowest BCUT2D eigenvalue weighted by molar-refractivity contribution is 0.0772. The third-order valence-electron chi connectivity index (χ3n) is 3.79. The third kappa shape index (κ3) is 5.12. The summed E-state index contributed by atoms with van der Waals surface area (Å²) >= 11 is 8.52. The zero-order chi connectivity index (χ0) is 19.1. The number of hydrogen-bond acceptors (Lipinski definition) is 3. The molecule has 7 heteroatoms. The summed E-state index contributed by atoms with van der Waals surface area (Å²) in [5.74, 6) is -0.310. The van der Waals surface area contributed by atoms with Crippen LogP contribution in [0.3, 0.4) is 0 Å². The van der Waals surface area contributed by atoms with Crippen LogP contribution in [0, 0.1) is 0 Å². The molecule has 136 valence electrons. The molecule has 0 atom stereocenters. The highest BCUT2D eigenvalue weighted by atomic mass is 79.9. The number of rotatable bonds is 5. The molecule has 2 rings (SSSR count). The van der Waals surface area contributed by atoms with E-state index in [1.807, 2.05) is 19.9 Å². The van der Waals surface area contributed by atoms with Crippen molar-refractivity contribution >= 4 is 50.8 Å². The molecule has 0 saturated heterocycles. The van der Waals surface area contributed by atoms with Crippen LogP contribution in [-0.4, -0.2) is 34.9 Å². The van der Waals surface area contributed by atoms with E-state index in [0.717, 1.165) is 0 Å². The van der Waals surface area contributed by atoms with Crippen LogP contribution in [0.4, 0.5) is 5.69 Å². The van der Waals surface area contributed by atoms with Crippen LogP contribution < -0.4 is 10.6 Å². The lowest BCUT2D eigenvalue weighted by Gasteiger charge is -2.18. The Morgan fingerprint density at radius 3 is 2.23 bits per heavy atom. The highest BCUT2D eigenvalue weighted by Gasteiger charge is 2.13. The third-order valence-corrected chi connectivity index (χ3v) is 4.68. The molecule has 0 unspecified atom stereocenters. The van der Waals surface area contributed by atoms with Crippen molar-refractivity contribution in [2.45, 2.75) is 13.8 Å². The Labute approximate surface area is 166 Å². The lowest BCUT2D eigenvalue weighted by atomic mass is 10.2. The molecule has 0 fully saturated rings. The average Bonchev–Trinajstić information content (AvgIpc) is 2.63. The van der Waals surface area contributed by atoms with Gasteiger partial charge in [0.05, 0.1) is 5.56 Å². The van der Waals surface area contributed by atoms with Crippen molar-refractivity contribution in [1.82, 2.24) is 10.2 Å². The normalized spacial score (nSPS) is 10.1. The first-order chi connectivity index (χ1) is 12.5. The molecule has 26 heavy (non-hydrogen) atoms. The monoisotopic (exact) mass is 433 g/mol. The summed E-state index contributed by atoms with van der Waals surface area (Å²) in [5.41, 5.74) is 1.80. The Kier molecular flexibility index (Phi) is 7.29. The first-order valence-electron chi connectivity index (χ1n) is 8.22. The first kappa shape index (κ1) is 20.1. The smallest absolute Gasteiger partial charge is 0.258 e. The van der Waals surface area contributed by atoms with Gasteiger partial charge in [0.2, 0.25) is 0 Å². The standard InChI is InChI=1S/C19H20BrN3O2S/c1-3-23(4-2)18(25)13-9-11-14(12-10-13)21-19(26)22-17(24)15-7-5-6-8-16(15)20/h5-12H,3-4H2,1-2H3,(H2,21,22,24,26). The molecule has 2 aromatic carbocycles. The fourth-order valence-electron chi connectivity index (χ4n) is 2.37. The topological polar surface area (TPSA) is 61.4 Å². The Balaban J connectivity index is 1.98. The van der Waals surface area contributed by atoms with Gasteiger partial charge in [-0.2, -0.15) is 0 Å². The summed E-state index contributed by atoms with van der Waals surface area (Å²) in [6.45, 7) is 5.23. The zero-order valence-electron chi connectivity index (χ0n) is 14.6. The number of thiocarbonyl (C=S) groups is 1. The van der Waals surface area contributed by atoms with Gasteiger partial charge in [0.1, 0.15) is 0 Å². The van der Waals surface area contributed by atoms with E-state index in [9.17, 15) is 9.59 Å². The van der Waals surface area contributed by atoms with Crippen molar-refractivity contribution in [2.24, 2.45) is 0 Å². The minimum absolute atomic E-state index is 0.00800. The van der Waals surface area contributed by atoms with Gasteiger partial charge < -0.3 is 10.2 Å². The predicted molar refractivity (Wildman–Crippen MR) is 112 cm³/mol. The summed E-state index contributed by atoms with van der Waals surface area (Å²) in [7, 11) is 0. The molecule has 5 nitrogen and oxygen atoms in total. The Hall–Kier alpha value is -2.25. The second-order valence-electron chi connectivity index (χ2n) is 5.44. The van der Waals surface area contributed by atoms with E-state index >= 15 is 0 Å². The summed E-state index contributed by atoms with van der Waals surface area (Å²) in [4.78, 5) is 26.3. The van der Waals surface area contributed by atoms with Crippen LogP contribution in [0.1, 0.15) is 34.6 Å². The van der Waals surface area contributed by atoms with Gasteiger partial charge in [-0.3, -0.25) is 14.9 Å². The van der Waals surface area contributed by atoms with E-state index in [0.29, 0.717) is 34.4 Å². The SMILES string of the molecule is CCN(CC)C(=O)c1ccc(NC(=S)NC(=O)c2ccccc2Br)cc1. The number of nitrogens with zero attached hydrogens (tertiary/aromatic N) is 1. The Morgan fingerprint density at radius 2 is 1.65 bits per heavy atom. The molecule has 0 saturated carbocycles. The molecular formula is C19H20BrN3O2S. The van der Waals surface area contributed by atoms with Gasteiger partial charge in [-0.25, -0.2) is 0 Å². The molecule has 0 aliphatic rings. The van der Waals surface area contributed by atoms with Crippen molar-refractivity contribution < 1.29 is 9.59 Å². The maximum atomic E-state index is 12.3. The predicted octanol–water partition coefficient (Wildman–Crippen LogP) is 4.06. The Morgan fingerprint density at radius 1 is 1.04 bits per heavy atom. The van der Waals surface area contributed by atoms with E-state index in [1.54, 1.807) is 47.4 Å². The molecule has 0 aromatic heterocycles. The Bertz CT molecular complexity index is 805. The second kappa shape index (κ2) is 9.45. The molecule has 0 bridgehead atoms. The van der Waals surface area contributed by atoms with Crippen molar-refractivity contribution in [1.29, 1.82) is 0 Å². The molecule has 2 aromatic rings. The van der Waals surface area contributed by atoms with Crippen LogP contribution >= 0.6 is 28.1 Å². The number of benzene rings is 2. The van der Waals surface area contributed by atoms with E-state index in [4.69, 9.17) is 12.2 Å². The molecule has 0 aliphatic heterocycles. The fraction of sp³-hybridized carbons (Fsp3) is 0.211. The highest BCUT2D eigenvalue weighted by molar-refractivity contribution is 9.10. The van der Waals surface area contributed by atoms with Gasteiger partial charge in [0.25, 0.3) is 11.8 Å². The second-order valence-corrected chi connectivity index (χ2v) is 6.71. The maximum absolute atomic E-state index is 12.3. The van der Waals surface area contributed by atoms with Crippen LogP contribution in [0.5, 0.6) is 0 Å². The minimum Gasteiger partial charge on any atom is -0.339 e. The number of amides is 2. The van der Waals surface area contributed by atoms with Crippen LogP contribution in [0.25, 0.3) is 0 Å². The summed E-state index contributed by atoms with van der Waals surface area (Å²) in [6, 6.07) is 14.1. The van der Waals surface area contributed by atoms with Gasteiger partial charge >= 0.3 is 0 Å².